The third-order valence-electron chi connectivity index (χ3n) is 2.23. The second kappa shape index (κ2) is 5.14. The average Bonchev–Trinajstić information content (AvgIpc) is 2.67. The minimum atomic E-state index is 0.708. The highest BCUT2D eigenvalue weighted by Gasteiger charge is 1.99. The summed E-state index contributed by atoms with van der Waals surface area (Å²) in [5, 5.41) is 7.95. The molecular weight excluding hydrogens is 224 g/mol. The van der Waals surface area contributed by atoms with Gasteiger partial charge in [0.2, 0.25) is 0 Å². The first-order valence-electron chi connectivity index (χ1n) is 5.11. The van der Waals surface area contributed by atoms with E-state index in [0.717, 1.165) is 23.0 Å². The van der Waals surface area contributed by atoms with E-state index in [1.165, 1.54) is 5.56 Å². The Morgan fingerprint density at radius 2 is 2.00 bits per heavy atom. The zero-order chi connectivity index (χ0) is 11.4. The van der Waals surface area contributed by atoms with Gasteiger partial charge in [-0.2, -0.15) is 0 Å². The largest absolute Gasteiger partial charge is 0.361 e. The Labute approximate surface area is 99.4 Å². The molecule has 1 aromatic heterocycles. The quantitative estimate of drug-likeness (QED) is 0.887. The first-order chi connectivity index (χ1) is 7.74. The molecule has 0 atom stereocenters. The van der Waals surface area contributed by atoms with E-state index in [-0.39, 0.29) is 0 Å². The standard InChI is InChI=1S/C12H13ClN2O/c1-9-6-12(15-16-9)8-14-7-10-2-4-11(13)5-3-10/h2-6,14H,7-8H2,1H3. The van der Waals surface area contributed by atoms with Crippen LogP contribution in [0.1, 0.15) is 17.0 Å². The molecule has 2 aromatic rings. The van der Waals surface area contributed by atoms with E-state index in [2.05, 4.69) is 10.5 Å². The summed E-state index contributed by atoms with van der Waals surface area (Å²) in [5.41, 5.74) is 2.12. The molecule has 0 amide bonds. The zero-order valence-corrected chi connectivity index (χ0v) is 9.79. The lowest BCUT2D eigenvalue weighted by Gasteiger charge is -2.02. The van der Waals surface area contributed by atoms with Crippen molar-refractivity contribution in [2.24, 2.45) is 0 Å². The maximum atomic E-state index is 5.80. The average molecular weight is 237 g/mol. The van der Waals surface area contributed by atoms with Gasteiger partial charge in [0.05, 0.1) is 5.69 Å². The lowest BCUT2D eigenvalue weighted by atomic mass is 10.2. The Hall–Kier alpha value is -1.32. The maximum absolute atomic E-state index is 5.80. The molecule has 4 heteroatoms. The molecule has 0 unspecified atom stereocenters. The number of benzene rings is 1. The molecule has 0 fully saturated rings. The van der Waals surface area contributed by atoms with Crippen LogP contribution in [-0.2, 0) is 13.1 Å². The van der Waals surface area contributed by atoms with Gasteiger partial charge < -0.3 is 9.84 Å². The van der Waals surface area contributed by atoms with E-state index in [1.807, 2.05) is 37.3 Å². The Kier molecular flexibility index (Phi) is 3.59. The molecule has 2 rings (SSSR count). The molecule has 84 valence electrons. The van der Waals surface area contributed by atoms with Gasteiger partial charge in [-0.25, -0.2) is 0 Å². The molecule has 0 bridgehead atoms. The van der Waals surface area contributed by atoms with Crippen molar-refractivity contribution in [1.29, 1.82) is 0 Å². The Morgan fingerprint density at radius 1 is 1.25 bits per heavy atom. The number of aryl methyl sites for hydroxylation is 1. The predicted molar refractivity (Wildman–Crippen MR) is 63.2 cm³/mol. The van der Waals surface area contributed by atoms with Crippen LogP contribution in [-0.4, -0.2) is 5.16 Å². The van der Waals surface area contributed by atoms with E-state index in [9.17, 15) is 0 Å². The minimum Gasteiger partial charge on any atom is -0.361 e. The summed E-state index contributed by atoms with van der Waals surface area (Å²) >= 11 is 5.80. The van der Waals surface area contributed by atoms with Crippen LogP contribution in [0.2, 0.25) is 5.02 Å². The van der Waals surface area contributed by atoms with E-state index in [1.54, 1.807) is 0 Å². The van der Waals surface area contributed by atoms with Crippen LogP contribution < -0.4 is 5.32 Å². The summed E-state index contributed by atoms with van der Waals surface area (Å²) in [6, 6.07) is 9.71. The Balaban J connectivity index is 1.82. The fourth-order valence-corrected chi connectivity index (χ4v) is 1.56. The van der Waals surface area contributed by atoms with Crippen LogP contribution in [0.4, 0.5) is 0 Å². The second-order valence-corrected chi connectivity index (χ2v) is 4.10. The van der Waals surface area contributed by atoms with Gasteiger partial charge in [-0.1, -0.05) is 28.9 Å². The highest BCUT2D eigenvalue weighted by molar-refractivity contribution is 6.30. The lowest BCUT2D eigenvalue weighted by molar-refractivity contribution is 0.388. The lowest BCUT2D eigenvalue weighted by Crippen LogP contribution is -2.12. The Morgan fingerprint density at radius 3 is 2.62 bits per heavy atom. The van der Waals surface area contributed by atoms with Gasteiger partial charge in [0, 0.05) is 24.2 Å². The third-order valence-corrected chi connectivity index (χ3v) is 2.48. The second-order valence-electron chi connectivity index (χ2n) is 3.66. The number of hydrogen-bond acceptors (Lipinski definition) is 3. The molecule has 1 N–H and O–H groups in total. The summed E-state index contributed by atoms with van der Waals surface area (Å²) in [5.74, 6) is 0.836. The molecule has 0 saturated heterocycles. The normalized spacial score (nSPS) is 10.6. The van der Waals surface area contributed by atoms with Gasteiger partial charge in [0.1, 0.15) is 5.76 Å². The molecule has 0 spiro atoms. The SMILES string of the molecule is Cc1cc(CNCc2ccc(Cl)cc2)no1. The van der Waals surface area contributed by atoms with Crippen molar-refractivity contribution in [2.75, 3.05) is 0 Å². The summed E-state index contributed by atoms with van der Waals surface area (Å²) in [7, 11) is 0. The number of nitrogens with one attached hydrogen (secondary N) is 1. The Bertz CT molecular complexity index is 450. The van der Waals surface area contributed by atoms with Crippen molar-refractivity contribution >= 4 is 11.6 Å². The van der Waals surface area contributed by atoms with Crippen molar-refractivity contribution in [3.05, 3.63) is 52.4 Å². The predicted octanol–water partition coefficient (Wildman–Crippen LogP) is 2.93. The smallest absolute Gasteiger partial charge is 0.133 e. The highest BCUT2D eigenvalue weighted by atomic mass is 35.5. The van der Waals surface area contributed by atoms with Gasteiger partial charge >= 0.3 is 0 Å². The molecule has 0 aliphatic heterocycles. The summed E-state index contributed by atoms with van der Waals surface area (Å²) in [6.45, 7) is 3.39. The van der Waals surface area contributed by atoms with Gasteiger partial charge in [-0.05, 0) is 24.6 Å². The van der Waals surface area contributed by atoms with Crippen LogP contribution >= 0.6 is 11.6 Å². The van der Waals surface area contributed by atoms with Gasteiger partial charge in [0.15, 0.2) is 0 Å². The van der Waals surface area contributed by atoms with Crippen LogP contribution in [0.3, 0.4) is 0 Å². The molecule has 0 aliphatic rings. The van der Waals surface area contributed by atoms with E-state index in [4.69, 9.17) is 16.1 Å². The molecule has 3 nitrogen and oxygen atoms in total. The van der Waals surface area contributed by atoms with E-state index >= 15 is 0 Å². The van der Waals surface area contributed by atoms with Crippen molar-refractivity contribution < 1.29 is 4.52 Å². The van der Waals surface area contributed by atoms with Crippen molar-refractivity contribution in [1.82, 2.24) is 10.5 Å². The number of rotatable bonds is 4. The van der Waals surface area contributed by atoms with Gasteiger partial charge in [-0.3, -0.25) is 0 Å². The fraction of sp³-hybridized carbons (Fsp3) is 0.250. The first kappa shape index (κ1) is 11.2. The third kappa shape index (κ3) is 3.08. The molecule has 1 heterocycles. The highest BCUT2D eigenvalue weighted by Crippen LogP contribution is 2.09. The summed E-state index contributed by atoms with van der Waals surface area (Å²) in [6.07, 6.45) is 0. The monoisotopic (exact) mass is 236 g/mol. The molecule has 0 aliphatic carbocycles. The zero-order valence-electron chi connectivity index (χ0n) is 9.03. The van der Waals surface area contributed by atoms with E-state index in [0.29, 0.717) is 6.54 Å². The number of hydrogen-bond donors (Lipinski definition) is 1. The molecule has 0 saturated carbocycles. The number of halogens is 1. The summed E-state index contributed by atoms with van der Waals surface area (Å²) < 4.78 is 4.98. The fourth-order valence-electron chi connectivity index (χ4n) is 1.44. The topological polar surface area (TPSA) is 38.1 Å². The van der Waals surface area contributed by atoms with Gasteiger partial charge in [-0.15, -0.1) is 0 Å². The van der Waals surface area contributed by atoms with Crippen LogP contribution in [0.25, 0.3) is 0 Å². The van der Waals surface area contributed by atoms with Crippen LogP contribution in [0.5, 0.6) is 0 Å². The summed E-state index contributed by atoms with van der Waals surface area (Å²) in [4.78, 5) is 0. The molecular formula is C12H13ClN2O. The maximum Gasteiger partial charge on any atom is 0.133 e. The number of aromatic nitrogens is 1. The molecule has 1 aromatic carbocycles. The van der Waals surface area contributed by atoms with Crippen molar-refractivity contribution in [3.8, 4) is 0 Å². The van der Waals surface area contributed by atoms with Crippen LogP contribution in [0.15, 0.2) is 34.9 Å². The molecule has 16 heavy (non-hydrogen) atoms. The van der Waals surface area contributed by atoms with E-state index < -0.39 is 0 Å². The van der Waals surface area contributed by atoms with Gasteiger partial charge in [0.25, 0.3) is 0 Å². The molecule has 0 radical (unpaired) electrons. The van der Waals surface area contributed by atoms with Crippen molar-refractivity contribution in [2.45, 2.75) is 20.0 Å². The first-order valence-corrected chi connectivity index (χ1v) is 5.49. The number of nitrogens with zero attached hydrogens (tertiary/aromatic N) is 1. The van der Waals surface area contributed by atoms with Crippen LogP contribution in [0, 0.1) is 6.92 Å². The van der Waals surface area contributed by atoms with Crippen molar-refractivity contribution in [3.63, 3.8) is 0 Å². The minimum absolute atomic E-state index is 0.708.